The molecule has 0 atom stereocenters. The van der Waals surface area contributed by atoms with Crippen molar-refractivity contribution < 1.29 is 14.8 Å². The maximum Gasteiger partial charge on any atom is 0.303 e. The number of aromatic nitrogens is 1. The molecule has 0 aliphatic carbocycles. The lowest BCUT2D eigenvalue weighted by molar-refractivity contribution is -0.385. The van der Waals surface area contributed by atoms with Gasteiger partial charge in [-0.25, -0.2) is 4.98 Å². The first-order chi connectivity index (χ1) is 8.47. The van der Waals surface area contributed by atoms with Crippen molar-refractivity contribution in [1.29, 1.82) is 0 Å². The van der Waals surface area contributed by atoms with Crippen molar-refractivity contribution in [1.82, 2.24) is 4.98 Å². The van der Waals surface area contributed by atoms with Gasteiger partial charge in [0.2, 0.25) is 0 Å². The third-order valence-corrected chi connectivity index (χ3v) is 3.00. The summed E-state index contributed by atoms with van der Waals surface area (Å²) in [6.45, 7) is 2.80. The lowest BCUT2D eigenvalue weighted by Crippen LogP contribution is -2.48. The number of aliphatic carboxylic acids is 1. The Morgan fingerprint density at radius 2 is 2.33 bits per heavy atom. The van der Waals surface area contributed by atoms with Crippen molar-refractivity contribution in [2.75, 3.05) is 18.0 Å². The van der Waals surface area contributed by atoms with Gasteiger partial charge in [0.15, 0.2) is 0 Å². The molecule has 0 saturated carbocycles. The first-order valence-corrected chi connectivity index (χ1v) is 5.55. The van der Waals surface area contributed by atoms with Gasteiger partial charge in [0.25, 0.3) is 5.69 Å². The minimum atomic E-state index is -0.817. The molecule has 2 heterocycles. The minimum Gasteiger partial charge on any atom is -0.481 e. The Kier molecular flexibility index (Phi) is 3.14. The topological polar surface area (TPSA) is 96.6 Å². The zero-order valence-corrected chi connectivity index (χ0v) is 9.87. The number of anilines is 1. The van der Waals surface area contributed by atoms with Gasteiger partial charge in [0.05, 0.1) is 17.4 Å². The van der Waals surface area contributed by atoms with E-state index in [1.807, 2.05) is 4.90 Å². The van der Waals surface area contributed by atoms with Gasteiger partial charge in [-0.3, -0.25) is 14.9 Å². The molecule has 0 aromatic carbocycles. The van der Waals surface area contributed by atoms with Gasteiger partial charge in [0.1, 0.15) is 5.82 Å². The predicted octanol–water partition coefficient (Wildman–Crippen LogP) is 1.21. The Morgan fingerprint density at radius 1 is 1.67 bits per heavy atom. The van der Waals surface area contributed by atoms with Crippen LogP contribution in [0.4, 0.5) is 11.5 Å². The molecule has 1 aromatic heterocycles. The summed E-state index contributed by atoms with van der Waals surface area (Å²) in [7, 11) is 0. The van der Waals surface area contributed by atoms with Gasteiger partial charge in [-0.15, -0.1) is 0 Å². The van der Waals surface area contributed by atoms with E-state index in [1.165, 1.54) is 12.3 Å². The van der Waals surface area contributed by atoms with Crippen molar-refractivity contribution in [3.05, 3.63) is 27.9 Å². The summed E-state index contributed by atoms with van der Waals surface area (Å²) in [5.41, 5.74) is 0.563. The monoisotopic (exact) mass is 251 g/mol. The van der Waals surface area contributed by atoms with Gasteiger partial charge in [-0.05, 0) is 6.92 Å². The van der Waals surface area contributed by atoms with Crippen LogP contribution in [0, 0.1) is 23.0 Å². The van der Waals surface area contributed by atoms with E-state index in [-0.39, 0.29) is 18.0 Å². The van der Waals surface area contributed by atoms with Crippen LogP contribution in [0.1, 0.15) is 12.0 Å². The molecule has 0 amide bonds. The lowest BCUT2D eigenvalue weighted by Gasteiger charge is -2.39. The number of aryl methyl sites for hydroxylation is 1. The summed E-state index contributed by atoms with van der Waals surface area (Å²) in [6, 6.07) is 1.44. The first-order valence-electron chi connectivity index (χ1n) is 5.55. The van der Waals surface area contributed by atoms with Crippen LogP contribution in [0.5, 0.6) is 0 Å². The number of rotatable bonds is 4. The molecule has 1 aliphatic rings. The number of carbonyl (C=O) groups is 1. The summed E-state index contributed by atoms with van der Waals surface area (Å²) in [6.07, 6.45) is 1.60. The SMILES string of the molecule is Cc1cnc(N2CC(CC(=O)O)C2)cc1[N+](=O)[O-]. The summed E-state index contributed by atoms with van der Waals surface area (Å²) < 4.78 is 0. The first kappa shape index (κ1) is 12.3. The second kappa shape index (κ2) is 4.59. The Bertz CT molecular complexity index is 497. The third-order valence-electron chi connectivity index (χ3n) is 3.00. The molecule has 7 nitrogen and oxygen atoms in total. The van der Waals surface area contributed by atoms with Crippen molar-refractivity contribution in [2.24, 2.45) is 5.92 Å². The van der Waals surface area contributed by atoms with Gasteiger partial charge < -0.3 is 10.0 Å². The zero-order chi connectivity index (χ0) is 13.3. The average Bonchev–Trinajstić information content (AvgIpc) is 2.23. The number of pyridine rings is 1. The van der Waals surface area contributed by atoms with Crippen LogP contribution in [0.2, 0.25) is 0 Å². The second-order valence-corrected chi connectivity index (χ2v) is 4.45. The predicted molar refractivity (Wildman–Crippen MR) is 63.6 cm³/mol. The van der Waals surface area contributed by atoms with Crippen molar-refractivity contribution in [2.45, 2.75) is 13.3 Å². The average molecular weight is 251 g/mol. The Labute approximate surface area is 103 Å². The van der Waals surface area contributed by atoms with E-state index in [2.05, 4.69) is 4.98 Å². The van der Waals surface area contributed by atoms with Crippen LogP contribution in [0.15, 0.2) is 12.3 Å². The van der Waals surface area contributed by atoms with E-state index in [0.717, 1.165) is 0 Å². The molecule has 1 saturated heterocycles. The molecule has 0 spiro atoms. The van der Waals surface area contributed by atoms with Gasteiger partial charge in [0, 0.05) is 30.8 Å². The number of carboxylic acids is 1. The van der Waals surface area contributed by atoms with Crippen LogP contribution >= 0.6 is 0 Å². The van der Waals surface area contributed by atoms with E-state index < -0.39 is 10.9 Å². The smallest absolute Gasteiger partial charge is 0.303 e. The fourth-order valence-electron chi connectivity index (χ4n) is 2.01. The molecule has 1 aliphatic heterocycles. The van der Waals surface area contributed by atoms with Crippen LogP contribution < -0.4 is 4.90 Å². The van der Waals surface area contributed by atoms with E-state index in [4.69, 9.17) is 5.11 Å². The lowest BCUT2D eigenvalue weighted by atomic mass is 9.96. The van der Waals surface area contributed by atoms with Crippen molar-refractivity contribution in [3.8, 4) is 0 Å². The molecular formula is C11H13N3O4. The highest BCUT2D eigenvalue weighted by Crippen LogP contribution is 2.28. The standard InChI is InChI=1S/C11H13N3O4/c1-7-4-12-10(3-9(7)14(17)18)13-5-8(6-13)2-11(15)16/h3-4,8H,2,5-6H2,1H3,(H,15,16). The van der Waals surface area contributed by atoms with Crippen LogP contribution in [-0.2, 0) is 4.79 Å². The zero-order valence-electron chi connectivity index (χ0n) is 9.87. The number of nitrogens with zero attached hydrogens (tertiary/aromatic N) is 3. The van der Waals surface area contributed by atoms with Crippen molar-refractivity contribution in [3.63, 3.8) is 0 Å². The molecule has 96 valence electrons. The van der Waals surface area contributed by atoms with Crippen LogP contribution in [-0.4, -0.2) is 34.1 Å². The Balaban J connectivity index is 2.06. The summed E-state index contributed by atoms with van der Waals surface area (Å²) in [5.74, 6) is -0.180. The molecule has 1 aromatic rings. The third kappa shape index (κ3) is 2.39. The van der Waals surface area contributed by atoms with E-state index >= 15 is 0 Å². The second-order valence-electron chi connectivity index (χ2n) is 4.45. The van der Waals surface area contributed by atoms with Crippen LogP contribution in [0.25, 0.3) is 0 Å². The number of nitro groups is 1. The molecule has 2 rings (SSSR count). The normalized spacial score (nSPS) is 15.3. The maximum absolute atomic E-state index is 10.8. The van der Waals surface area contributed by atoms with Gasteiger partial charge >= 0.3 is 5.97 Å². The number of carboxylic acid groups (broad SMARTS) is 1. The quantitative estimate of drug-likeness (QED) is 0.638. The largest absolute Gasteiger partial charge is 0.481 e. The highest BCUT2D eigenvalue weighted by Gasteiger charge is 2.30. The summed E-state index contributed by atoms with van der Waals surface area (Å²) in [4.78, 5) is 26.8. The number of hydrogen-bond acceptors (Lipinski definition) is 5. The van der Waals surface area contributed by atoms with Crippen LogP contribution in [0.3, 0.4) is 0 Å². The van der Waals surface area contributed by atoms with E-state index in [0.29, 0.717) is 24.5 Å². The molecule has 0 radical (unpaired) electrons. The highest BCUT2D eigenvalue weighted by atomic mass is 16.6. The molecular weight excluding hydrogens is 238 g/mol. The fourth-order valence-corrected chi connectivity index (χ4v) is 2.01. The minimum absolute atomic E-state index is 0.0432. The summed E-state index contributed by atoms with van der Waals surface area (Å²) >= 11 is 0. The van der Waals surface area contributed by atoms with Gasteiger partial charge in [-0.2, -0.15) is 0 Å². The van der Waals surface area contributed by atoms with Gasteiger partial charge in [-0.1, -0.05) is 0 Å². The Hall–Kier alpha value is -2.18. The van der Waals surface area contributed by atoms with Crippen molar-refractivity contribution >= 4 is 17.5 Å². The highest BCUT2D eigenvalue weighted by molar-refractivity contribution is 5.67. The van der Waals surface area contributed by atoms with E-state index in [1.54, 1.807) is 6.92 Å². The maximum atomic E-state index is 10.8. The Morgan fingerprint density at radius 3 is 2.89 bits per heavy atom. The molecule has 1 N–H and O–H groups in total. The van der Waals surface area contributed by atoms with E-state index in [9.17, 15) is 14.9 Å². The molecule has 0 unspecified atom stereocenters. The molecule has 1 fully saturated rings. The molecule has 18 heavy (non-hydrogen) atoms. The summed E-state index contributed by atoms with van der Waals surface area (Å²) in [5, 5.41) is 19.4. The fraction of sp³-hybridized carbons (Fsp3) is 0.455. The number of hydrogen-bond donors (Lipinski definition) is 1. The molecule has 0 bridgehead atoms. The molecule has 7 heteroatoms.